The molecule has 0 aliphatic carbocycles. The molecule has 31 heavy (non-hydrogen) atoms. The molecule has 0 fully saturated rings. The van der Waals surface area contributed by atoms with Gasteiger partial charge in [0.15, 0.2) is 6.61 Å². The maximum Gasteiger partial charge on any atom is 0.269 e. The van der Waals surface area contributed by atoms with Crippen molar-refractivity contribution in [3.05, 3.63) is 81.8 Å². The minimum atomic E-state index is -1.45. The number of methoxy groups -OCH3 is 1. The van der Waals surface area contributed by atoms with Crippen LogP contribution in [0.4, 0.5) is 0 Å². The van der Waals surface area contributed by atoms with E-state index < -0.39 is 16.9 Å². The Bertz CT molecular complexity index is 1080. The first-order valence-electron chi connectivity index (χ1n) is 9.33. The second kappa shape index (κ2) is 10.7. The number of carbonyl (C=O) groups excluding carboxylic acids is 1. The molecule has 3 aromatic rings. The SMILES string of the molecule is COc1ccc(Cc2c(Cl)cc(OCC(=O)NS(C)=O)cc2Cl)cc1-c1ccccc1. The predicted octanol–water partition coefficient (Wildman–Crippen LogP) is 5.05. The van der Waals surface area contributed by atoms with E-state index in [-0.39, 0.29) is 6.61 Å². The largest absolute Gasteiger partial charge is 0.496 e. The highest BCUT2D eigenvalue weighted by molar-refractivity contribution is 7.82. The number of carbonyl (C=O) groups is 1. The molecule has 1 N–H and O–H groups in total. The highest BCUT2D eigenvalue weighted by atomic mass is 35.5. The van der Waals surface area contributed by atoms with Gasteiger partial charge in [0.05, 0.1) is 7.11 Å². The van der Waals surface area contributed by atoms with Crippen LogP contribution in [0.25, 0.3) is 11.1 Å². The lowest BCUT2D eigenvalue weighted by Crippen LogP contribution is -2.29. The molecule has 5 nitrogen and oxygen atoms in total. The van der Waals surface area contributed by atoms with Gasteiger partial charge in [-0.15, -0.1) is 0 Å². The van der Waals surface area contributed by atoms with Crippen LogP contribution in [-0.4, -0.2) is 30.1 Å². The Balaban J connectivity index is 1.81. The normalized spacial score (nSPS) is 11.6. The molecule has 1 unspecified atom stereocenters. The zero-order valence-corrected chi connectivity index (χ0v) is 19.3. The maximum absolute atomic E-state index is 11.6. The lowest BCUT2D eigenvalue weighted by molar-refractivity contribution is -0.121. The summed E-state index contributed by atoms with van der Waals surface area (Å²) in [6.07, 6.45) is 1.87. The monoisotopic (exact) mass is 477 g/mol. The number of nitrogens with one attached hydrogen (secondary N) is 1. The number of amides is 1. The number of hydrogen-bond donors (Lipinski definition) is 1. The van der Waals surface area contributed by atoms with E-state index in [1.165, 1.54) is 6.26 Å². The molecular formula is C23H21Cl2NO4S. The summed E-state index contributed by atoms with van der Waals surface area (Å²) in [6, 6.07) is 19.1. The minimum Gasteiger partial charge on any atom is -0.496 e. The molecule has 0 aliphatic heterocycles. The summed E-state index contributed by atoms with van der Waals surface area (Å²) >= 11 is 12.9. The van der Waals surface area contributed by atoms with E-state index in [0.29, 0.717) is 22.2 Å². The van der Waals surface area contributed by atoms with Gasteiger partial charge in [-0.2, -0.15) is 0 Å². The van der Waals surface area contributed by atoms with Crippen molar-refractivity contribution in [3.63, 3.8) is 0 Å². The third kappa shape index (κ3) is 6.23. The summed E-state index contributed by atoms with van der Waals surface area (Å²) < 4.78 is 24.2. The molecule has 1 amide bonds. The molecule has 0 bridgehead atoms. The van der Waals surface area contributed by atoms with Gasteiger partial charge in [-0.1, -0.05) is 59.6 Å². The summed E-state index contributed by atoms with van der Waals surface area (Å²) in [6.45, 7) is -0.287. The highest BCUT2D eigenvalue weighted by Gasteiger charge is 2.13. The van der Waals surface area contributed by atoms with Gasteiger partial charge in [-0.25, -0.2) is 4.21 Å². The first-order valence-corrected chi connectivity index (χ1v) is 11.6. The van der Waals surface area contributed by atoms with Crippen molar-refractivity contribution < 1.29 is 18.5 Å². The zero-order valence-electron chi connectivity index (χ0n) is 17.0. The fourth-order valence-electron chi connectivity index (χ4n) is 3.08. The molecule has 162 valence electrons. The number of hydrogen-bond acceptors (Lipinski definition) is 4. The Hall–Kier alpha value is -2.54. The molecule has 3 rings (SSSR count). The summed E-state index contributed by atoms with van der Waals surface area (Å²) in [5.74, 6) is 0.640. The minimum absolute atomic E-state index is 0.287. The molecular weight excluding hydrogens is 457 g/mol. The van der Waals surface area contributed by atoms with E-state index in [9.17, 15) is 9.00 Å². The van der Waals surface area contributed by atoms with Crippen molar-refractivity contribution in [3.8, 4) is 22.6 Å². The first kappa shape index (κ1) is 23.1. The lowest BCUT2D eigenvalue weighted by atomic mass is 9.98. The van der Waals surface area contributed by atoms with E-state index >= 15 is 0 Å². The van der Waals surface area contributed by atoms with E-state index in [1.807, 2.05) is 42.5 Å². The smallest absolute Gasteiger partial charge is 0.269 e. The molecule has 0 aromatic heterocycles. The second-order valence-corrected chi connectivity index (χ2v) is 8.64. The standard InChI is InChI=1S/C23H21Cl2NO4S/c1-29-22-9-8-15(10-18(22)16-6-4-3-5-7-16)11-19-20(24)12-17(13-21(19)25)30-14-23(27)26-31(2)28/h3-10,12-13H,11,14H2,1-2H3,(H,26,27). The second-order valence-electron chi connectivity index (χ2n) is 6.71. The number of rotatable bonds is 8. The van der Waals surface area contributed by atoms with E-state index in [1.54, 1.807) is 19.2 Å². The van der Waals surface area contributed by atoms with Crippen LogP contribution in [-0.2, 0) is 22.2 Å². The summed E-state index contributed by atoms with van der Waals surface area (Å²) in [7, 11) is 0.197. The Morgan fingerprint density at radius 3 is 2.32 bits per heavy atom. The van der Waals surface area contributed by atoms with Gasteiger partial charge in [-0.3, -0.25) is 9.52 Å². The van der Waals surface area contributed by atoms with Crippen molar-refractivity contribution in [2.24, 2.45) is 0 Å². The Labute approximate surface area is 193 Å². The van der Waals surface area contributed by atoms with Crippen molar-refractivity contribution >= 4 is 40.1 Å². The predicted molar refractivity (Wildman–Crippen MR) is 125 cm³/mol. The van der Waals surface area contributed by atoms with Gasteiger partial charge in [0.25, 0.3) is 5.91 Å². The summed E-state index contributed by atoms with van der Waals surface area (Å²) in [4.78, 5) is 11.6. The van der Waals surface area contributed by atoms with Gasteiger partial charge >= 0.3 is 0 Å². The fourth-order valence-corrected chi connectivity index (χ4v) is 4.06. The van der Waals surface area contributed by atoms with Crippen LogP contribution in [0.2, 0.25) is 10.0 Å². The number of halogens is 2. The van der Waals surface area contributed by atoms with E-state index in [0.717, 1.165) is 28.0 Å². The van der Waals surface area contributed by atoms with Crippen molar-refractivity contribution in [2.45, 2.75) is 6.42 Å². The first-order chi connectivity index (χ1) is 14.9. The van der Waals surface area contributed by atoms with Crippen LogP contribution >= 0.6 is 23.2 Å². The molecule has 3 aromatic carbocycles. The fraction of sp³-hybridized carbons (Fsp3) is 0.174. The van der Waals surface area contributed by atoms with Crippen LogP contribution in [0.1, 0.15) is 11.1 Å². The van der Waals surface area contributed by atoms with Crippen LogP contribution in [0, 0.1) is 0 Å². The average Bonchev–Trinajstić information content (AvgIpc) is 2.75. The molecule has 0 spiro atoms. The van der Waals surface area contributed by atoms with Gasteiger partial charge in [-0.05, 0) is 41.0 Å². The number of ether oxygens (including phenoxy) is 2. The molecule has 1 atom stereocenters. The topological polar surface area (TPSA) is 64.6 Å². The van der Waals surface area contributed by atoms with Gasteiger partial charge in [0.1, 0.15) is 22.5 Å². The van der Waals surface area contributed by atoms with Crippen LogP contribution in [0.3, 0.4) is 0 Å². The van der Waals surface area contributed by atoms with Crippen molar-refractivity contribution in [1.29, 1.82) is 0 Å². The molecule has 8 heteroatoms. The van der Waals surface area contributed by atoms with Crippen LogP contribution in [0.15, 0.2) is 60.7 Å². The summed E-state index contributed by atoms with van der Waals surface area (Å²) in [5, 5.41) is 0.859. The number of benzene rings is 3. The third-order valence-corrected chi connectivity index (χ3v) is 5.66. The molecule has 0 aliphatic rings. The Morgan fingerprint density at radius 2 is 1.71 bits per heavy atom. The average molecular weight is 478 g/mol. The molecule has 0 saturated carbocycles. The molecule has 0 saturated heterocycles. The Morgan fingerprint density at radius 1 is 1.03 bits per heavy atom. The zero-order chi connectivity index (χ0) is 22.4. The molecule has 0 radical (unpaired) electrons. The Kier molecular flexibility index (Phi) is 7.96. The van der Waals surface area contributed by atoms with Crippen LogP contribution < -0.4 is 14.2 Å². The van der Waals surface area contributed by atoms with Gasteiger partial charge < -0.3 is 9.47 Å². The van der Waals surface area contributed by atoms with Gasteiger partial charge in [0, 0.05) is 28.3 Å². The lowest BCUT2D eigenvalue weighted by Gasteiger charge is -2.14. The van der Waals surface area contributed by atoms with E-state index in [4.69, 9.17) is 32.7 Å². The van der Waals surface area contributed by atoms with Crippen LogP contribution in [0.5, 0.6) is 11.5 Å². The summed E-state index contributed by atoms with van der Waals surface area (Å²) in [5.41, 5.74) is 3.79. The molecule has 0 heterocycles. The maximum atomic E-state index is 11.6. The third-order valence-electron chi connectivity index (χ3n) is 4.47. The van der Waals surface area contributed by atoms with Crippen molar-refractivity contribution in [1.82, 2.24) is 4.72 Å². The highest BCUT2D eigenvalue weighted by Crippen LogP contribution is 2.35. The van der Waals surface area contributed by atoms with E-state index in [2.05, 4.69) is 10.8 Å². The van der Waals surface area contributed by atoms with Crippen molar-refractivity contribution in [2.75, 3.05) is 20.0 Å². The quantitative estimate of drug-likeness (QED) is 0.492. The van der Waals surface area contributed by atoms with Gasteiger partial charge in [0.2, 0.25) is 0 Å².